The second-order valence-electron chi connectivity index (χ2n) is 5.48. The van der Waals surface area contributed by atoms with Crippen LogP contribution in [0.25, 0.3) is 0 Å². The molecule has 112 valence electrons. The highest BCUT2D eigenvalue weighted by Gasteiger charge is 2.31. The Kier molecular flexibility index (Phi) is 4.54. The molecule has 3 rings (SSSR count). The average molecular weight is 368 g/mol. The van der Waals surface area contributed by atoms with E-state index in [1.54, 1.807) is 11.8 Å². The first-order valence-corrected chi connectivity index (χ1v) is 8.88. The zero-order valence-corrected chi connectivity index (χ0v) is 14.3. The van der Waals surface area contributed by atoms with Gasteiger partial charge < -0.3 is 10.2 Å². The van der Waals surface area contributed by atoms with E-state index in [-0.39, 0.29) is 11.9 Å². The van der Waals surface area contributed by atoms with E-state index in [0.29, 0.717) is 12.5 Å². The standard InChI is InChI=1S/C15H18BrN3OS/c1-19-13(9-21-15(19)18-12-6-7-12)8-14(20)17-11-4-2-10(16)3-5-11/h2-5,12-13H,6-9H2,1H3,(H,17,20). The number of amides is 1. The molecule has 0 radical (unpaired) electrons. The Morgan fingerprint density at radius 1 is 1.43 bits per heavy atom. The molecule has 1 amide bonds. The molecule has 1 aliphatic carbocycles. The molecule has 1 aromatic rings. The van der Waals surface area contributed by atoms with Crippen molar-refractivity contribution in [2.45, 2.75) is 31.3 Å². The summed E-state index contributed by atoms with van der Waals surface area (Å²) < 4.78 is 1.01. The molecule has 1 unspecified atom stereocenters. The Bertz CT molecular complexity index is 557. The van der Waals surface area contributed by atoms with E-state index in [1.165, 1.54) is 12.8 Å². The first-order chi connectivity index (χ1) is 10.1. The van der Waals surface area contributed by atoms with Crippen molar-refractivity contribution >= 4 is 44.5 Å². The van der Waals surface area contributed by atoms with Crippen molar-refractivity contribution in [3.05, 3.63) is 28.7 Å². The van der Waals surface area contributed by atoms with Crippen molar-refractivity contribution < 1.29 is 4.79 Å². The van der Waals surface area contributed by atoms with E-state index < -0.39 is 0 Å². The maximum Gasteiger partial charge on any atom is 0.226 e. The van der Waals surface area contributed by atoms with Crippen LogP contribution in [0.4, 0.5) is 5.69 Å². The molecule has 1 saturated heterocycles. The average Bonchev–Trinajstić information content (AvgIpc) is 3.21. The maximum absolute atomic E-state index is 12.1. The highest BCUT2D eigenvalue weighted by atomic mass is 79.9. The first-order valence-electron chi connectivity index (χ1n) is 7.10. The molecule has 0 bridgehead atoms. The van der Waals surface area contributed by atoms with E-state index >= 15 is 0 Å². The Hall–Kier alpha value is -1.01. The number of hydrogen-bond donors (Lipinski definition) is 1. The molecule has 1 aliphatic heterocycles. The zero-order valence-electron chi connectivity index (χ0n) is 11.9. The largest absolute Gasteiger partial charge is 0.350 e. The third-order valence-corrected chi connectivity index (χ3v) is 5.37. The minimum absolute atomic E-state index is 0.0578. The van der Waals surface area contributed by atoms with Gasteiger partial charge in [-0.1, -0.05) is 27.7 Å². The Morgan fingerprint density at radius 2 is 2.14 bits per heavy atom. The number of carbonyl (C=O) groups excluding carboxylic acids is 1. The highest BCUT2D eigenvalue weighted by Crippen LogP contribution is 2.30. The van der Waals surface area contributed by atoms with Crippen LogP contribution in [0.15, 0.2) is 33.7 Å². The molecule has 2 fully saturated rings. The summed E-state index contributed by atoms with van der Waals surface area (Å²) >= 11 is 5.15. The van der Waals surface area contributed by atoms with E-state index in [2.05, 4.69) is 31.1 Å². The first kappa shape index (κ1) is 14.9. The lowest BCUT2D eigenvalue weighted by Crippen LogP contribution is -2.33. The quantitative estimate of drug-likeness (QED) is 0.887. The molecule has 1 saturated carbocycles. The van der Waals surface area contributed by atoms with Crippen molar-refractivity contribution in [1.82, 2.24) is 4.90 Å². The summed E-state index contributed by atoms with van der Waals surface area (Å²) in [5.41, 5.74) is 0.836. The van der Waals surface area contributed by atoms with Gasteiger partial charge in [-0.15, -0.1) is 0 Å². The smallest absolute Gasteiger partial charge is 0.226 e. The second kappa shape index (κ2) is 6.40. The number of amidine groups is 1. The van der Waals surface area contributed by atoms with Gasteiger partial charge >= 0.3 is 0 Å². The molecule has 6 heteroatoms. The molecule has 1 heterocycles. The van der Waals surface area contributed by atoms with Crippen LogP contribution in [-0.4, -0.2) is 40.9 Å². The van der Waals surface area contributed by atoms with Crippen LogP contribution in [0.5, 0.6) is 0 Å². The normalized spacial score (nSPS) is 23.6. The van der Waals surface area contributed by atoms with Gasteiger partial charge in [-0.3, -0.25) is 9.79 Å². The number of benzene rings is 1. The predicted octanol–water partition coefficient (Wildman–Crippen LogP) is 3.34. The fourth-order valence-electron chi connectivity index (χ4n) is 2.18. The van der Waals surface area contributed by atoms with Gasteiger partial charge in [-0.2, -0.15) is 0 Å². The molecule has 1 aromatic carbocycles. The number of aliphatic imine (C=N–C) groups is 1. The molecule has 1 atom stereocenters. The second-order valence-corrected chi connectivity index (χ2v) is 7.38. The lowest BCUT2D eigenvalue weighted by atomic mass is 10.2. The number of halogens is 1. The number of nitrogens with one attached hydrogen (secondary N) is 1. The van der Waals surface area contributed by atoms with Crippen LogP contribution in [0.2, 0.25) is 0 Å². The minimum Gasteiger partial charge on any atom is -0.350 e. The molecule has 21 heavy (non-hydrogen) atoms. The van der Waals surface area contributed by atoms with Gasteiger partial charge in [0.05, 0.1) is 6.04 Å². The van der Waals surface area contributed by atoms with Crippen LogP contribution in [0, 0.1) is 0 Å². The summed E-state index contributed by atoms with van der Waals surface area (Å²) in [4.78, 5) is 19.0. The van der Waals surface area contributed by atoms with E-state index in [1.807, 2.05) is 31.3 Å². The molecule has 0 aromatic heterocycles. The summed E-state index contributed by atoms with van der Waals surface area (Å²) in [6, 6.07) is 8.42. The van der Waals surface area contributed by atoms with Crippen molar-refractivity contribution in [3.8, 4) is 0 Å². The van der Waals surface area contributed by atoms with Gasteiger partial charge in [0.2, 0.25) is 5.91 Å². The van der Waals surface area contributed by atoms with E-state index in [9.17, 15) is 4.79 Å². The van der Waals surface area contributed by atoms with Crippen molar-refractivity contribution in [1.29, 1.82) is 0 Å². The Morgan fingerprint density at radius 3 is 2.81 bits per heavy atom. The minimum atomic E-state index is 0.0578. The number of carbonyl (C=O) groups is 1. The number of rotatable bonds is 4. The summed E-state index contributed by atoms with van der Waals surface area (Å²) in [6.45, 7) is 0. The molecular weight excluding hydrogens is 350 g/mol. The van der Waals surface area contributed by atoms with Crippen molar-refractivity contribution in [2.24, 2.45) is 4.99 Å². The van der Waals surface area contributed by atoms with Gasteiger partial charge in [0.1, 0.15) is 0 Å². The summed E-state index contributed by atoms with van der Waals surface area (Å²) in [7, 11) is 2.04. The monoisotopic (exact) mass is 367 g/mol. The highest BCUT2D eigenvalue weighted by molar-refractivity contribution is 9.10. The number of hydrogen-bond acceptors (Lipinski definition) is 3. The van der Waals surface area contributed by atoms with Crippen molar-refractivity contribution in [2.75, 3.05) is 18.1 Å². The summed E-state index contributed by atoms with van der Waals surface area (Å²) in [6.07, 6.45) is 2.93. The van der Waals surface area contributed by atoms with Crippen LogP contribution in [0.3, 0.4) is 0 Å². The van der Waals surface area contributed by atoms with Crippen molar-refractivity contribution in [3.63, 3.8) is 0 Å². The SMILES string of the molecule is CN1C(=NC2CC2)SCC1CC(=O)Nc1ccc(Br)cc1. The summed E-state index contributed by atoms with van der Waals surface area (Å²) in [5.74, 6) is 0.998. The number of anilines is 1. The third kappa shape index (κ3) is 4.01. The molecule has 4 nitrogen and oxygen atoms in total. The van der Waals surface area contributed by atoms with Crippen LogP contribution in [-0.2, 0) is 4.79 Å². The maximum atomic E-state index is 12.1. The van der Waals surface area contributed by atoms with Gasteiger partial charge in [0.15, 0.2) is 5.17 Å². The molecule has 1 N–H and O–H groups in total. The van der Waals surface area contributed by atoms with Gasteiger partial charge in [0, 0.05) is 35.4 Å². The molecule has 0 spiro atoms. The van der Waals surface area contributed by atoms with Crippen LogP contribution < -0.4 is 5.32 Å². The van der Waals surface area contributed by atoms with E-state index in [0.717, 1.165) is 21.1 Å². The zero-order chi connectivity index (χ0) is 14.8. The van der Waals surface area contributed by atoms with E-state index in [4.69, 9.17) is 0 Å². The fourth-order valence-corrected chi connectivity index (χ4v) is 3.71. The van der Waals surface area contributed by atoms with Gasteiger partial charge in [-0.05, 0) is 37.1 Å². The van der Waals surface area contributed by atoms with Crippen LogP contribution in [0.1, 0.15) is 19.3 Å². The lowest BCUT2D eigenvalue weighted by Gasteiger charge is -2.20. The predicted molar refractivity (Wildman–Crippen MR) is 91.9 cm³/mol. The Balaban J connectivity index is 1.54. The van der Waals surface area contributed by atoms with Crippen LogP contribution >= 0.6 is 27.7 Å². The number of nitrogens with zero attached hydrogens (tertiary/aromatic N) is 2. The molecular formula is C15H18BrN3OS. The number of thioether (sulfide) groups is 1. The van der Waals surface area contributed by atoms with Gasteiger partial charge in [0.25, 0.3) is 0 Å². The Labute approximate surface area is 137 Å². The van der Waals surface area contributed by atoms with Gasteiger partial charge in [-0.25, -0.2) is 0 Å². The molecule has 2 aliphatic rings. The topological polar surface area (TPSA) is 44.7 Å². The fraction of sp³-hybridized carbons (Fsp3) is 0.467. The summed E-state index contributed by atoms with van der Waals surface area (Å²) in [5, 5.41) is 4.05. The lowest BCUT2D eigenvalue weighted by molar-refractivity contribution is -0.116. The third-order valence-electron chi connectivity index (χ3n) is 3.64.